The molecule has 1 aliphatic heterocycles. The third-order valence-electron chi connectivity index (χ3n) is 4.38. The van der Waals surface area contributed by atoms with Crippen LogP contribution in [0.3, 0.4) is 0 Å². The number of rotatable bonds is 3. The number of fused-ring (bicyclic) bond motifs is 2. The molecule has 0 unspecified atom stereocenters. The smallest absolute Gasteiger partial charge is 0.159 e. The summed E-state index contributed by atoms with van der Waals surface area (Å²) in [7, 11) is 0. The van der Waals surface area contributed by atoms with Gasteiger partial charge in [0.05, 0.1) is 22.3 Å². The Morgan fingerprint density at radius 2 is 2.26 bits per heavy atom. The Labute approximate surface area is 133 Å². The molecule has 3 N–H and O–H groups in total. The topological polar surface area (TPSA) is 69.4 Å². The van der Waals surface area contributed by atoms with E-state index in [9.17, 15) is 4.39 Å². The number of nitrogens with one attached hydrogen (secondary N) is 3. The maximum atomic E-state index is 14.7. The van der Waals surface area contributed by atoms with Crippen LogP contribution >= 0.6 is 0 Å². The standard InChI is InChI=1S/C17H18FN5/c1-3-9(2)10-6-11(18)15-13(7-10)22-23-16(15)17-20-12-4-5-19-8-14(12)21-17/h6-7,19H,2-5,8H2,1H3,(H,20,21)(H,22,23). The van der Waals surface area contributed by atoms with Crippen LogP contribution in [0.25, 0.3) is 28.0 Å². The molecule has 0 aliphatic carbocycles. The van der Waals surface area contributed by atoms with Crippen molar-refractivity contribution in [3.05, 3.63) is 41.5 Å². The Morgan fingerprint density at radius 3 is 3.04 bits per heavy atom. The summed E-state index contributed by atoms with van der Waals surface area (Å²) in [6.45, 7) is 7.65. The van der Waals surface area contributed by atoms with Crippen molar-refractivity contribution in [2.45, 2.75) is 26.3 Å². The van der Waals surface area contributed by atoms with Gasteiger partial charge in [0, 0.05) is 19.5 Å². The van der Waals surface area contributed by atoms with Gasteiger partial charge >= 0.3 is 0 Å². The van der Waals surface area contributed by atoms with Crippen molar-refractivity contribution < 1.29 is 4.39 Å². The molecule has 118 valence electrons. The Kier molecular flexibility index (Phi) is 3.27. The quantitative estimate of drug-likeness (QED) is 0.696. The van der Waals surface area contributed by atoms with Gasteiger partial charge in [0.2, 0.25) is 0 Å². The number of hydrogen-bond acceptors (Lipinski definition) is 3. The van der Waals surface area contributed by atoms with Gasteiger partial charge in [0.1, 0.15) is 11.5 Å². The van der Waals surface area contributed by atoms with Gasteiger partial charge in [-0.1, -0.05) is 13.5 Å². The highest BCUT2D eigenvalue weighted by Gasteiger charge is 2.20. The minimum absolute atomic E-state index is 0.302. The van der Waals surface area contributed by atoms with Crippen molar-refractivity contribution in [3.63, 3.8) is 0 Å². The summed E-state index contributed by atoms with van der Waals surface area (Å²) in [5, 5.41) is 11.0. The second kappa shape index (κ2) is 5.31. The van der Waals surface area contributed by atoms with Crippen LogP contribution in [0, 0.1) is 5.82 Å². The zero-order chi connectivity index (χ0) is 16.0. The van der Waals surface area contributed by atoms with E-state index in [-0.39, 0.29) is 5.82 Å². The molecule has 23 heavy (non-hydrogen) atoms. The molecule has 0 atom stereocenters. The third kappa shape index (κ3) is 2.26. The number of hydrogen-bond donors (Lipinski definition) is 3. The molecule has 0 spiro atoms. The van der Waals surface area contributed by atoms with E-state index in [0.717, 1.165) is 48.5 Å². The first kappa shape index (κ1) is 14.1. The van der Waals surface area contributed by atoms with Gasteiger partial charge < -0.3 is 10.3 Å². The molecular weight excluding hydrogens is 293 g/mol. The fourth-order valence-corrected chi connectivity index (χ4v) is 3.02. The maximum absolute atomic E-state index is 14.7. The van der Waals surface area contributed by atoms with Crippen molar-refractivity contribution in [2.75, 3.05) is 6.54 Å². The minimum Gasteiger partial charge on any atom is -0.339 e. The van der Waals surface area contributed by atoms with Gasteiger partial charge in [-0.15, -0.1) is 0 Å². The first-order valence-corrected chi connectivity index (χ1v) is 7.82. The van der Waals surface area contributed by atoms with Gasteiger partial charge in [-0.2, -0.15) is 5.10 Å². The fourth-order valence-electron chi connectivity index (χ4n) is 3.02. The zero-order valence-corrected chi connectivity index (χ0v) is 13.0. The molecule has 0 saturated heterocycles. The van der Waals surface area contributed by atoms with Crippen LogP contribution in [0.2, 0.25) is 0 Å². The SMILES string of the molecule is C=C(CC)c1cc(F)c2c(-c3nc4c([nH]3)CNCC4)n[nH]c2c1. The highest BCUT2D eigenvalue weighted by atomic mass is 19.1. The Morgan fingerprint density at radius 1 is 1.39 bits per heavy atom. The fraction of sp³-hybridized carbons (Fsp3) is 0.294. The summed E-state index contributed by atoms with van der Waals surface area (Å²) in [6, 6.07) is 3.42. The van der Waals surface area contributed by atoms with Crippen LogP contribution < -0.4 is 5.32 Å². The number of allylic oxidation sites excluding steroid dienone is 1. The van der Waals surface area contributed by atoms with Gasteiger partial charge in [0.25, 0.3) is 0 Å². The number of benzene rings is 1. The summed E-state index contributed by atoms with van der Waals surface area (Å²) >= 11 is 0. The van der Waals surface area contributed by atoms with Gasteiger partial charge in [-0.05, 0) is 29.7 Å². The average Bonchev–Trinajstić information content (AvgIpc) is 3.17. The van der Waals surface area contributed by atoms with E-state index >= 15 is 0 Å². The molecule has 1 aliphatic rings. The second-order valence-corrected chi connectivity index (χ2v) is 5.85. The van der Waals surface area contributed by atoms with Gasteiger partial charge in [-0.3, -0.25) is 5.10 Å². The summed E-state index contributed by atoms with van der Waals surface area (Å²) in [5.41, 5.74) is 4.99. The van der Waals surface area contributed by atoms with E-state index in [1.165, 1.54) is 6.07 Å². The zero-order valence-electron chi connectivity index (χ0n) is 13.0. The first-order valence-electron chi connectivity index (χ1n) is 7.82. The molecular formula is C17H18FN5. The van der Waals surface area contributed by atoms with Crippen molar-refractivity contribution >= 4 is 16.5 Å². The molecule has 0 radical (unpaired) electrons. The number of imidazole rings is 1. The number of aromatic nitrogens is 4. The van der Waals surface area contributed by atoms with Crippen LogP contribution in [0.5, 0.6) is 0 Å². The number of nitrogens with zero attached hydrogens (tertiary/aromatic N) is 2. The van der Waals surface area contributed by atoms with Crippen LogP contribution in [0.4, 0.5) is 4.39 Å². The lowest BCUT2D eigenvalue weighted by molar-refractivity contribution is 0.627. The summed E-state index contributed by atoms with van der Waals surface area (Å²) in [5.74, 6) is 0.314. The second-order valence-electron chi connectivity index (χ2n) is 5.85. The summed E-state index contributed by atoms with van der Waals surface area (Å²) in [4.78, 5) is 7.86. The Bertz CT molecular complexity index is 882. The van der Waals surface area contributed by atoms with E-state index in [4.69, 9.17) is 0 Å². The van der Waals surface area contributed by atoms with E-state index < -0.39 is 0 Å². The molecule has 3 aromatic rings. The largest absolute Gasteiger partial charge is 0.339 e. The normalized spacial score (nSPS) is 14.2. The van der Waals surface area contributed by atoms with E-state index in [1.54, 1.807) is 0 Å². The molecule has 1 aromatic carbocycles. The Hall–Kier alpha value is -2.47. The predicted octanol–water partition coefficient (Wildman–Crippen LogP) is 3.16. The predicted molar refractivity (Wildman–Crippen MR) is 88.4 cm³/mol. The van der Waals surface area contributed by atoms with Crippen molar-refractivity contribution in [1.29, 1.82) is 0 Å². The van der Waals surface area contributed by atoms with E-state index in [0.29, 0.717) is 22.4 Å². The molecule has 5 nitrogen and oxygen atoms in total. The molecule has 3 heterocycles. The van der Waals surface area contributed by atoms with Gasteiger partial charge in [-0.25, -0.2) is 9.37 Å². The number of aromatic amines is 2. The monoisotopic (exact) mass is 311 g/mol. The minimum atomic E-state index is -0.302. The van der Waals surface area contributed by atoms with Crippen molar-refractivity contribution in [2.24, 2.45) is 0 Å². The van der Waals surface area contributed by atoms with Crippen molar-refractivity contribution in [3.8, 4) is 11.5 Å². The van der Waals surface area contributed by atoms with Crippen LogP contribution in [-0.4, -0.2) is 26.7 Å². The summed E-state index contributed by atoms with van der Waals surface area (Å²) < 4.78 is 14.7. The highest BCUT2D eigenvalue weighted by molar-refractivity contribution is 5.93. The molecule has 0 saturated carbocycles. The molecule has 0 bridgehead atoms. The Balaban J connectivity index is 1.85. The van der Waals surface area contributed by atoms with Crippen LogP contribution in [0.15, 0.2) is 18.7 Å². The van der Waals surface area contributed by atoms with E-state index in [1.807, 2.05) is 13.0 Å². The number of halogens is 1. The number of H-pyrrole nitrogens is 2. The first-order chi connectivity index (χ1) is 11.2. The van der Waals surface area contributed by atoms with Gasteiger partial charge in [0.15, 0.2) is 5.82 Å². The molecule has 2 aromatic heterocycles. The van der Waals surface area contributed by atoms with Crippen LogP contribution in [0.1, 0.15) is 30.3 Å². The maximum Gasteiger partial charge on any atom is 0.159 e. The lowest BCUT2D eigenvalue weighted by atomic mass is 10.0. The molecule has 0 fully saturated rings. The molecule has 6 heteroatoms. The lowest BCUT2D eigenvalue weighted by Crippen LogP contribution is -2.23. The highest BCUT2D eigenvalue weighted by Crippen LogP contribution is 2.31. The molecule has 0 amide bonds. The summed E-state index contributed by atoms with van der Waals surface area (Å²) in [6.07, 6.45) is 1.65. The third-order valence-corrected chi connectivity index (χ3v) is 4.38. The van der Waals surface area contributed by atoms with Crippen LogP contribution in [-0.2, 0) is 13.0 Å². The average molecular weight is 311 g/mol. The van der Waals surface area contributed by atoms with E-state index in [2.05, 4.69) is 32.1 Å². The lowest BCUT2D eigenvalue weighted by Gasteiger charge is -2.09. The van der Waals surface area contributed by atoms with Crippen molar-refractivity contribution in [1.82, 2.24) is 25.5 Å². The molecule has 4 rings (SSSR count).